The summed E-state index contributed by atoms with van der Waals surface area (Å²) < 4.78 is 12.1. The summed E-state index contributed by atoms with van der Waals surface area (Å²) in [5.74, 6) is -0.741. The number of phenolic OH excluding ortho intramolecular Hbond substituents is 1. The highest BCUT2D eigenvalue weighted by molar-refractivity contribution is 9.11. The highest BCUT2D eigenvalue weighted by atomic mass is 79.9. The molecule has 0 saturated heterocycles. The molecule has 0 saturated carbocycles. The number of thiol groups is 1. The summed E-state index contributed by atoms with van der Waals surface area (Å²) in [6, 6.07) is 16.7. The van der Waals surface area contributed by atoms with Gasteiger partial charge in [-0.25, -0.2) is 4.79 Å². The van der Waals surface area contributed by atoms with E-state index in [0.29, 0.717) is 26.6 Å². The number of aromatic hydroxyl groups is 1. The number of fused-ring (bicyclic) bond motifs is 1. The van der Waals surface area contributed by atoms with Gasteiger partial charge < -0.3 is 14.6 Å². The zero-order chi connectivity index (χ0) is 24.0. The number of hydrogen-bond donors (Lipinski definition) is 3. The van der Waals surface area contributed by atoms with E-state index < -0.39 is 18.2 Å². The third kappa shape index (κ3) is 6.65. The molecular formula is C24H23Br2NO5S. The van der Waals surface area contributed by atoms with Crippen molar-refractivity contribution in [2.24, 2.45) is 5.92 Å². The van der Waals surface area contributed by atoms with Gasteiger partial charge in [0, 0.05) is 21.3 Å². The average Bonchev–Trinajstić information content (AvgIpc) is 2.80. The summed E-state index contributed by atoms with van der Waals surface area (Å²) in [5.41, 5.74) is 1.05. The number of rotatable bonds is 8. The van der Waals surface area contributed by atoms with Crippen molar-refractivity contribution in [1.82, 2.24) is 0 Å². The SMILES string of the molecule is C[C@@H](CCOC(=O)CS)[C@H](OC(=O)Nc1cccc2ccccc12)c1cc(Br)cc(Br)c1O. The molecule has 33 heavy (non-hydrogen) atoms. The van der Waals surface area contributed by atoms with E-state index in [1.54, 1.807) is 18.2 Å². The maximum Gasteiger partial charge on any atom is 0.412 e. The van der Waals surface area contributed by atoms with Crippen LogP contribution in [0.25, 0.3) is 10.8 Å². The lowest BCUT2D eigenvalue weighted by Crippen LogP contribution is -2.23. The number of hydrogen-bond acceptors (Lipinski definition) is 6. The standard InChI is InChI=1S/C24H23Br2NO5S/c1-14(9-10-31-21(28)13-33)23(18-11-16(25)12-19(26)22(18)29)32-24(30)27-20-8-4-6-15-5-2-3-7-17(15)20/h2-8,11-12,14,23,29,33H,9-10,13H2,1H3,(H,27,30)/t14-,23-/m0/s1. The molecule has 0 aliphatic rings. The zero-order valence-corrected chi connectivity index (χ0v) is 21.8. The van der Waals surface area contributed by atoms with Crippen LogP contribution in [0.1, 0.15) is 25.0 Å². The summed E-state index contributed by atoms with van der Waals surface area (Å²) in [4.78, 5) is 24.3. The quantitative estimate of drug-likeness (QED) is 0.195. The van der Waals surface area contributed by atoms with Crippen molar-refractivity contribution < 1.29 is 24.2 Å². The monoisotopic (exact) mass is 595 g/mol. The first-order valence-corrected chi connectivity index (χ1v) is 12.4. The lowest BCUT2D eigenvalue weighted by molar-refractivity contribution is -0.141. The van der Waals surface area contributed by atoms with E-state index in [2.05, 4.69) is 49.8 Å². The van der Waals surface area contributed by atoms with Crippen molar-refractivity contribution >= 4 is 73.0 Å². The molecule has 2 atom stereocenters. The van der Waals surface area contributed by atoms with Crippen LogP contribution in [0.4, 0.5) is 10.5 Å². The first-order chi connectivity index (χ1) is 15.8. The molecule has 2 N–H and O–H groups in total. The summed E-state index contributed by atoms with van der Waals surface area (Å²) in [6.07, 6.45) is -1.05. The molecule has 0 aliphatic heterocycles. The zero-order valence-electron chi connectivity index (χ0n) is 17.8. The highest BCUT2D eigenvalue weighted by Gasteiger charge is 2.28. The van der Waals surface area contributed by atoms with Crippen molar-refractivity contribution in [2.45, 2.75) is 19.4 Å². The van der Waals surface area contributed by atoms with E-state index in [4.69, 9.17) is 9.47 Å². The lowest BCUT2D eigenvalue weighted by atomic mass is 9.94. The Hall–Kier alpha value is -2.23. The molecule has 6 nitrogen and oxygen atoms in total. The van der Waals surface area contributed by atoms with Crippen molar-refractivity contribution in [3.05, 3.63) is 69.1 Å². The van der Waals surface area contributed by atoms with Crippen LogP contribution in [0.2, 0.25) is 0 Å². The fourth-order valence-corrected chi connectivity index (χ4v) is 4.78. The maximum atomic E-state index is 12.9. The van der Waals surface area contributed by atoms with E-state index in [-0.39, 0.29) is 24.0 Å². The van der Waals surface area contributed by atoms with Crippen LogP contribution in [0.5, 0.6) is 5.75 Å². The molecule has 9 heteroatoms. The predicted octanol–water partition coefficient (Wildman–Crippen LogP) is 6.86. The van der Waals surface area contributed by atoms with Crippen LogP contribution < -0.4 is 5.32 Å². The van der Waals surface area contributed by atoms with Gasteiger partial charge in [-0.2, -0.15) is 12.6 Å². The average molecular weight is 597 g/mol. The molecule has 174 valence electrons. The molecule has 3 rings (SSSR count). The summed E-state index contributed by atoms with van der Waals surface area (Å²) >= 11 is 10.6. The van der Waals surface area contributed by atoms with Gasteiger partial charge in [0.2, 0.25) is 0 Å². The number of anilines is 1. The fourth-order valence-electron chi connectivity index (χ4n) is 3.43. The minimum absolute atomic E-state index is 0.0128. The second kappa shape index (κ2) is 11.8. The van der Waals surface area contributed by atoms with Crippen LogP contribution in [0, 0.1) is 5.92 Å². The Morgan fingerprint density at radius 3 is 2.61 bits per heavy atom. The topological polar surface area (TPSA) is 84.9 Å². The molecule has 0 heterocycles. The molecule has 0 radical (unpaired) electrons. The van der Waals surface area contributed by atoms with Crippen molar-refractivity contribution in [3.63, 3.8) is 0 Å². The van der Waals surface area contributed by atoms with E-state index in [1.807, 2.05) is 43.3 Å². The largest absolute Gasteiger partial charge is 0.506 e. The van der Waals surface area contributed by atoms with Gasteiger partial charge in [-0.15, -0.1) is 0 Å². The van der Waals surface area contributed by atoms with Crippen LogP contribution >= 0.6 is 44.5 Å². The molecule has 3 aromatic carbocycles. The van der Waals surface area contributed by atoms with Gasteiger partial charge in [0.1, 0.15) is 11.9 Å². The number of esters is 1. The molecular weight excluding hydrogens is 574 g/mol. The number of carbonyl (C=O) groups excluding carboxylic acids is 2. The molecule has 0 bridgehead atoms. The number of nitrogens with one attached hydrogen (secondary N) is 1. The minimum Gasteiger partial charge on any atom is -0.506 e. The third-order valence-corrected chi connectivity index (χ3v) is 6.43. The third-order valence-electron chi connectivity index (χ3n) is 5.11. The number of ether oxygens (including phenoxy) is 2. The number of carbonyl (C=O) groups is 2. The Balaban J connectivity index is 1.84. The Kier molecular flexibility index (Phi) is 9.05. The number of amides is 1. The van der Waals surface area contributed by atoms with Gasteiger partial charge in [-0.05, 0) is 45.9 Å². The fraction of sp³-hybridized carbons (Fsp3) is 0.250. The Morgan fingerprint density at radius 1 is 1.12 bits per heavy atom. The molecule has 1 amide bonds. The van der Waals surface area contributed by atoms with Gasteiger partial charge in [0.15, 0.2) is 0 Å². The van der Waals surface area contributed by atoms with Crippen LogP contribution in [-0.2, 0) is 14.3 Å². The number of benzene rings is 3. The van der Waals surface area contributed by atoms with E-state index in [9.17, 15) is 14.7 Å². The number of halogens is 2. The van der Waals surface area contributed by atoms with Gasteiger partial charge in [0.25, 0.3) is 0 Å². The van der Waals surface area contributed by atoms with E-state index in [0.717, 1.165) is 10.8 Å². The Bertz CT molecular complexity index is 1150. The highest BCUT2D eigenvalue weighted by Crippen LogP contribution is 2.40. The molecule has 0 unspecified atom stereocenters. The second-order valence-corrected chi connectivity index (χ2v) is 9.53. The van der Waals surface area contributed by atoms with E-state index >= 15 is 0 Å². The van der Waals surface area contributed by atoms with Gasteiger partial charge >= 0.3 is 12.1 Å². The Labute approximate surface area is 214 Å². The number of phenols is 1. The molecule has 0 fully saturated rings. The normalized spacial score (nSPS) is 12.7. The minimum atomic E-state index is -0.802. The lowest BCUT2D eigenvalue weighted by Gasteiger charge is -2.26. The summed E-state index contributed by atoms with van der Waals surface area (Å²) in [7, 11) is 0. The smallest absolute Gasteiger partial charge is 0.412 e. The first kappa shape index (κ1) is 25.4. The summed E-state index contributed by atoms with van der Waals surface area (Å²) in [6.45, 7) is 2.00. The molecule has 0 aromatic heterocycles. The maximum absolute atomic E-state index is 12.9. The van der Waals surface area contributed by atoms with Gasteiger partial charge in [-0.1, -0.05) is 59.3 Å². The van der Waals surface area contributed by atoms with Crippen LogP contribution in [0.15, 0.2) is 63.5 Å². The van der Waals surface area contributed by atoms with Crippen molar-refractivity contribution in [3.8, 4) is 5.75 Å². The predicted molar refractivity (Wildman–Crippen MR) is 139 cm³/mol. The van der Waals surface area contributed by atoms with Crippen LogP contribution in [0.3, 0.4) is 0 Å². The summed E-state index contributed by atoms with van der Waals surface area (Å²) in [5, 5.41) is 15.3. The van der Waals surface area contributed by atoms with Crippen molar-refractivity contribution in [1.29, 1.82) is 0 Å². The van der Waals surface area contributed by atoms with Gasteiger partial charge in [-0.3, -0.25) is 10.1 Å². The molecule has 0 aliphatic carbocycles. The Morgan fingerprint density at radius 2 is 1.85 bits per heavy atom. The van der Waals surface area contributed by atoms with Crippen LogP contribution in [-0.4, -0.2) is 29.5 Å². The van der Waals surface area contributed by atoms with Crippen molar-refractivity contribution in [2.75, 3.05) is 17.7 Å². The van der Waals surface area contributed by atoms with E-state index in [1.165, 1.54) is 0 Å². The molecule has 0 spiro atoms. The second-order valence-electron chi connectivity index (χ2n) is 7.45. The molecule has 3 aromatic rings. The first-order valence-electron chi connectivity index (χ1n) is 10.2. The van der Waals surface area contributed by atoms with Gasteiger partial charge in [0.05, 0.1) is 22.5 Å².